The third kappa shape index (κ3) is 4.25. The van der Waals surface area contributed by atoms with Gasteiger partial charge in [0.1, 0.15) is 0 Å². The predicted molar refractivity (Wildman–Crippen MR) is 105 cm³/mol. The average molecular weight is 425 g/mol. The van der Waals surface area contributed by atoms with Crippen molar-refractivity contribution in [1.29, 1.82) is 0 Å². The Hall–Kier alpha value is -2.66. The van der Waals surface area contributed by atoms with Crippen LogP contribution in [-0.2, 0) is 26.2 Å². The SMILES string of the molecule is CS(=O)(=O)c1ccc(NCCCn2nc3ccccn3c2=O)c(S(C)(=O)=O)c1. The molecule has 0 saturated heterocycles. The van der Waals surface area contributed by atoms with Gasteiger partial charge in [-0.3, -0.25) is 4.40 Å². The fraction of sp³-hybridized carbons (Fsp3) is 0.294. The van der Waals surface area contributed by atoms with Gasteiger partial charge in [0, 0.05) is 31.8 Å². The van der Waals surface area contributed by atoms with Crippen molar-refractivity contribution in [2.75, 3.05) is 24.4 Å². The van der Waals surface area contributed by atoms with E-state index in [1.54, 1.807) is 24.4 Å². The highest BCUT2D eigenvalue weighted by Crippen LogP contribution is 2.25. The standard InChI is InChI=1S/C17H20N4O5S2/c1-27(23,24)13-7-8-14(15(12-13)28(2,25)26)18-9-5-11-21-17(22)20-10-4-3-6-16(20)19-21/h3-4,6-8,10,12,18H,5,9,11H2,1-2H3. The largest absolute Gasteiger partial charge is 0.384 e. The van der Waals surface area contributed by atoms with Crippen molar-refractivity contribution in [3.05, 3.63) is 53.1 Å². The fourth-order valence-electron chi connectivity index (χ4n) is 2.75. The first-order chi connectivity index (χ1) is 13.1. The van der Waals surface area contributed by atoms with Crippen molar-refractivity contribution in [2.24, 2.45) is 0 Å². The second-order valence-electron chi connectivity index (χ2n) is 6.42. The van der Waals surface area contributed by atoms with Crippen LogP contribution < -0.4 is 11.0 Å². The van der Waals surface area contributed by atoms with Crippen molar-refractivity contribution in [1.82, 2.24) is 14.2 Å². The summed E-state index contributed by atoms with van der Waals surface area (Å²) in [5, 5.41) is 7.23. The van der Waals surface area contributed by atoms with Crippen molar-refractivity contribution < 1.29 is 16.8 Å². The molecule has 0 aliphatic rings. The molecule has 0 atom stereocenters. The van der Waals surface area contributed by atoms with Gasteiger partial charge in [-0.15, -0.1) is 5.10 Å². The van der Waals surface area contributed by atoms with Crippen LogP contribution in [0.15, 0.2) is 57.2 Å². The Morgan fingerprint density at radius 3 is 2.43 bits per heavy atom. The van der Waals surface area contributed by atoms with Gasteiger partial charge < -0.3 is 5.32 Å². The number of anilines is 1. The average Bonchev–Trinajstić information content (AvgIpc) is 2.93. The highest BCUT2D eigenvalue weighted by molar-refractivity contribution is 7.91. The molecule has 0 radical (unpaired) electrons. The van der Waals surface area contributed by atoms with E-state index < -0.39 is 19.7 Å². The van der Waals surface area contributed by atoms with Gasteiger partial charge >= 0.3 is 5.69 Å². The zero-order chi connectivity index (χ0) is 20.5. The van der Waals surface area contributed by atoms with E-state index in [0.717, 1.165) is 18.6 Å². The van der Waals surface area contributed by atoms with E-state index in [4.69, 9.17) is 0 Å². The predicted octanol–water partition coefficient (Wildman–Crippen LogP) is 0.805. The van der Waals surface area contributed by atoms with E-state index in [0.29, 0.717) is 30.8 Å². The molecule has 2 aromatic heterocycles. The normalized spacial score (nSPS) is 12.4. The fourth-order valence-corrected chi connectivity index (χ4v) is 4.35. The molecule has 9 nitrogen and oxygen atoms in total. The van der Waals surface area contributed by atoms with Gasteiger partial charge in [-0.25, -0.2) is 26.3 Å². The summed E-state index contributed by atoms with van der Waals surface area (Å²) < 4.78 is 50.2. The summed E-state index contributed by atoms with van der Waals surface area (Å²) in [6.07, 6.45) is 4.20. The molecule has 0 amide bonds. The molecule has 0 unspecified atom stereocenters. The Kier molecular flexibility index (Phi) is 5.31. The lowest BCUT2D eigenvalue weighted by Crippen LogP contribution is -2.22. The Bertz CT molecular complexity index is 1290. The number of fused-ring (bicyclic) bond motifs is 1. The zero-order valence-corrected chi connectivity index (χ0v) is 17.0. The third-order valence-electron chi connectivity index (χ3n) is 4.13. The third-order valence-corrected chi connectivity index (χ3v) is 6.38. The van der Waals surface area contributed by atoms with Crippen LogP contribution in [0.1, 0.15) is 6.42 Å². The summed E-state index contributed by atoms with van der Waals surface area (Å²) in [7, 11) is -7.15. The van der Waals surface area contributed by atoms with Crippen molar-refractivity contribution >= 4 is 31.0 Å². The highest BCUT2D eigenvalue weighted by atomic mass is 32.2. The monoisotopic (exact) mass is 424 g/mol. The molecule has 11 heteroatoms. The number of nitrogens with zero attached hydrogens (tertiary/aromatic N) is 3. The van der Waals surface area contributed by atoms with E-state index in [-0.39, 0.29) is 15.5 Å². The summed E-state index contributed by atoms with van der Waals surface area (Å²) >= 11 is 0. The Labute approximate surface area is 162 Å². The topological polar surface area (TPSA) is 120 Å². The first-order valence-electron chi connectivity index (χ1n) is 8.39. The number of benzene rings is 1. The number of hydrogen-bond donors (Lipinski definition) is 1. The summed E-state index contributed by atoms with van der Waals surface area (Å²) in [5.41, 5.74) is 0.623. The minimum Gasteiger partial charge on any atom is -0.384 e. The molecule has 150 valence electrons. The quantitative estimate of drug-likeness (QED) is 0.557. The van der Waals surface area contributed by atoms with Crippen LogP contribution in [0.4, 0.5) is 5.69 Å². The minimum absolute atomic E-state index is 0.0604. The van der Waals surface area contributed by atoms with Crippen LogP contribution in [0.2, 0.25) is 0 Å². The number of aromatic nitrogens is 3. The van der Waals surface area contributed by atoms with E-state index >= 15 is 0 Å². The molecule has 1 N–H and O–H groups in total. The Morgan fingerprint density at radius 1 is 1.04 bits per heavy atom. The summed E-state index contributed by atoms with van der Waals surface area (Å²) in [6, 6.07) is 9.22. The van der Waals surface area contributed by atoms with E-state index in [1.165, 1.54) is 21.2 Å². The molecule has 2 heterocycles. The smallest absolute Gasteiger partial charge is 0.350 e. The zero-order valence-electron chi connectivity index (χ0n) is 15.4. The lowest BCUT2D eigenvalue weighted by Gasteiger charge is -2.12. The van der Waals surface area contributed by atoms with Gasteiger partial charge in [0.15, 0.2) is 25.3 Å². The highest BCUT2D eigenvalue weighted by Gasteiger charge is 2.17. The van der Waals surface area contributed by atoms with Crippen molar-refractivity contribution in [2.45, 2.75) is 22.8 Å². The van der Waals surface area contributed by atoms with Gasteiger partial charge in [0.25, 0.3) is 0 Å². The maximum absolute atomic E-state index is 12.2. The Morgan fingerprint density at radius 2 is 1.79 bits per heavy atom. The minimum atomic E-state index is -3.63. The molecule has 3 aromatic rings. The van der Waals surface area contributed by atoms with Crippen LogP contribution in [0.5, 0.6) is 0 Å². The van der Waals surface area contributed by atoms with Crippen molar-refractivity contribution in [3.8, 4) is 0 Å². The van der Waals surface area contributed by atoms with Gasteiger partial charge in [-0.05, 0) is 36.8 Å². The first kappa shape index (κ1) is 20.1. The van der Waals surface area contributed by atoms with Crippen LogP contribution in [-0.4, -0.2) is 50.1 Å². The van der Waals surface area contributed by atoms with Gasteiger partial charge in [-0.2, -0.15) is 0 Å². The van der Waals surface area contributed by atoms with Crippen LogP contribution in [0.3, 0.4) is 0 Å². The molecule has 0 aliphatic carbocycles. The summed E-state index contributed by atoms with van der Waals surface area (Å²) in [5.74, 6) is 0. The summed E-state index contributed by atoms with van der Waals surface area (Å²) in [6.45, 7) is 0.726. The molecule has 0 saturated carbocycles. The molecular formula is C17H20N4O5S2. The second kappa shape index (κ2) is 7.40. The number of pyridine rings is 1. The molecule has 0 fully saturated rings. The van der Waals surface area contributed by atoms with Crippen LogP contribution >= 0.6 is 0 Å². The maximum atomic E-state index is 12.2. The van der Waals surface area contributed by atoms with Gasteiger partial charge in [-0.1, -0.05) is 6.07 Å². The van der Waals surface area contributed by atoms with Crippen molar-refractivity contribution in [3.63, 3.8) is 0 Å². The Balaban J connectivity index is 1.74. The van der Waals surface area contributed by atoms with E-state index in [2.05, 4.69) is 10.4 Å². The molecule has 1 aromatic carbocycles. The molecular weight excluding hydrogens is 404 g/mol. The maximum Gasteiger partial charge on any atom is 0.350 e. The van der Waals surface area contributed by atoms with E-state index in [9.17, 15) is 21.6 Å². The van der Waals surface area contributed by atoms with Gasteiger partial charge in [0.2, 0.25) is 0 Å². The molecule has 0 spiro atoms. The number of rotatable bonds is 7. The van der Waals surface area contributed by atoms with E-state index in [1.807, 2.05) is 0 Å². The number of hydrogen-bond acceptors (Lipinski definition) is 7. The summed E-state index contributed by atoms with van der Waals surface area (Å²) in [4.78, 5) is 12.1. The number of aryl methyl sites for hydroxylation is 1. The first-order valence-corrected chi connectivity index (χ1v) is 12.2. The van der Waals surface area contributed by atoms with Gasteiger partial charge in [0.05, 0.1) is 15.5 Å². The molecule has 0 bridgehead atoms. The molecule has 28 heavy (non-hydrogen) atoms. The number of nitrogens with one attached hydrogen (secondary N) is 1. The van der Waals surface area contributed by atoms with Crippen LogP contribution in [0, 0.1) is 0 Å². The van der Waals surface area contributed by atoms with Crippen LogP contribution in [0.25, 0.3) is 5.65 Å². The molecule has 0 aliphatic heterocycles. The molecule has 3 rings (SSSR count). The lowest BCUT2D eigenvalue weighted by molar-refractivity contribution is 0.572. The lowest BCUT2D eigenvalue weighted by atomic mass is 10.3. The number of sulfone groups is 2. The second-order valence-corrected chi connectivity index (χ2v) is 10.4.